The highest BCUT2D eigenvalue weighted by atomic mass is 16.5. The van der Waals surface area contributed by atoms with E-state index in [4.69, 9.17) is 4.74 Å². The van der Waals surface area contributed by atoms with E-state index in [2.05, 4.69) is 28.7 Å². The zero-order chi connectivity index (χ0) is 12.3. The third-order valence-electron chi connectivity index (χ3n) is 3.32. The number of rotatable bonds is 5. The molecule has 0 aliphatic carbocycles. The monoisotopic (exact) mass is 237 g/mol. The molecule has 1 aliphatic rings. The molecule has 0 saturated carbocycles. The normalized spacial score (nSPS) is 24.7. The minimum Gasteiger partial charge on any atom is -0.372 e. The van der Waals surface area contributed by atoms with Gasteiger partial charge in [0.2, 0.25) is 0 Å². The Hall–Kier alpha value is -0.870. The van der Waals surface area contributed by atoms with Crippen molar-refractivity contribution >= 4 is 0 Å². The molecular formula is C13H23N3O. The molecule has 4 nitrogen and oxygen atoms in total. The molecule has 0 amide bonds. The zero-order valence-electron chi connectivity index (χ0n) is 11.0. The van der Waals surface area contributed by atoms with Crippen LogP contribution in [0.5, 0.6) is 0 Å². The minimum absolute atomic E-state index is 0.210. The molecule has 1 saturated heterocycles. The Labute approximate surface area is 103 Å². The summed E-state index contributed by atoms with van der Waals surface area (Å²) in [5.41, 5.74) is 1.19. The predicted octanol–water partition coefficient (Wildman–Crippen LogP) is 1.74. The molecule has 1 aromatic heterocycles. The fraction of sp³-hybridized carbons (Fsp3) is 0.769. The minimum atomic E-state index is 0.210. The van der Waals surface area contributed by atoms with Crippen molar-refractivity contribution in [2.24, 2.45) is 18.9 Å². The summed E-state index contributed by atoms with van der Waals surface area (Å²) >= 11 is 0. The Kier molecular flexibility index (Phi) is 4.18. The summed E-state index contributed by atoms with van der Waals surface area (Å²) in [5.74, 6) is 1.27. The number of aromatic nitrogens is 2. The maximum absolute atomic E-state index is 5.85. The van der Waals surface area contributed by atoms with E-state index in [1.807, 2.05) is 19.6 Å². The van der Waals surface area contributed by atoms with Crippen LogP contribution in [0.25, 0.3) is 0 Å². The topological polar surface area (TPSA) is 39.1 Å². The average Bonchev–Trinajstić information content (AvgIpc) is 2.86. The van der Waals surface area contributed by atoms with Crippen molar-refractivity contribution in [2.45, 2.75) is 26.4 Å². The van der Waals surface area contributed by atoms with Crippen LogP contribution in [0.2, 0.25) is 0 Å². The number of imidazole rings is 1. The van der Waals surface area contributed by atoms with Crippen LogP contribution in [-0.4, -0.2) is 29.2 Å². The van der Waals surface area contributed by atoms with Gasteiger partial charge in [-0.15, -0.1) is 0 Å². The quantitative estimate of drug-likeness (QED) is 0.848. The highest BCUT2D eigenvalue weighted by Gasteiger charge is 2.31. The van der Waals surface area contributed by atoms with Crippen LogP contribution in [0.15, 0.2) is 12.5 Å². The molecule has 1 fully saturated rings. The molecule has 2 rings (SSSR count). The first-order valence-electron chi connectivity index (χ1n) is 6.47. The van der Waals surface area contributed by atoms with Gasteiger partial charge in [-0.05, 0) is 18.9 Å². The number of hydrogen-bond acceptors (Lipinski definition) is 3. The summed E-state index contributed by atoms with van der Waals surface area (Å²) in [6.45, 7) is 7.44. The van der Waals surface area contributed by atoms with Crippen molar-refractivity contribution in [3.05, 3.63) is 18.2 Å². The SMILES string of the molecule is CC(C)CNCC1CCOC1c1cncn1C. The fourth-order valence-electron chi connectivity index (χ4n) is 2.37. The molecular weight excluding hydrogens is 214 g/mol. The summed E-state index contributed by atoms with van der Waals surface area (Å²) in [7, 11) is 2.03. The Morgan fingerprint density at radius 1 is 1.59 bits per heavy atom. The first kappa shape index (κ1) is 12.6. The maximum Gasteiger partial charge on any atom is 0.103 e. The zero-order valence-corrected chi connectivity index (χ0v) is 11.0. The van der Waals surface area contributed by atoms with Crippen LogP contribution >= 0.6 is 0 Å². The predicted molar refractivity (Wildman–Crippen MR) is 67.7 cm³/mol. The van der Waals surface area contributed by atoms with Gasteiger partial charge in [-0.25, -0.2) is 4.98 Å². The van der Waals surface area contributed by atoms with Gasteiger partial charge in [-0.2, -0.15) is 0 Å². The van der Waals surface area contributed by atoms with E-state index in [9.17, 15) is 0 Å². The molecule has 1 N–H and O–H groups in total. The Bertz CT molecular complexity index is 348. The van der Waals surface area contributed by atoms with Crippen molar-refractivity contribution in [1.82, 2.24) is 14.9 Å². The molecule has 2 unspecified atom stereocenters. The molecule has 4 heteroatoms. The highest BCUT2D eigenvalue weighted by molar-refractivity contribution is 5.06. The molecule has 0 spiro atoms. The number of nitrogens with zero attached hydrogens (tertiary/aromatic N) is 2. The number of hydrogen-bond donors (Lipinski definition) is 1. The van der Waals surface area contributed by atoms with E-state index in [1.165, 1.54) is 5.69 Å². The van der Waals surface area contributed by atoms with Crippen LogP contribution in [-0.2, 0) is 11.8 Å². The summed E-state index contributed by atoms with van der Waals surface area (Å²) < 4.78 is 7.91. The largest absolute Gasteiger partial charge is 0.372 e. The lowest BCUT2D eigenvalue weighted by Crippen LogP contribution is -2.28. The lowest BCUT2D eigenvalue weighted by atomic mass is 9.99. The van der Waals surface area contributed by atoms with E-state index in [-0.39, 0.29) is 6.10 Å². The van der Waals surface area contributed by atoms with Crippen molar-refractivity contribution in [3.63, 3.8) is 0 Å². The van der Waals surface area contributed by atoms with Crippen LogP contribution in [0.4, 0.5) is 0 Å². The van der Waals surface area contributed by atoms with Gasteiger partial charge in [-0.1, -0.05) is 13.8 Å². The van der Waals surface area contributed by atoms with Gasteiger partial charge in [0, 0.05) is 26.1 Å². The van der Waals surface area contributed by atoms with Gasteiger partial charge in [0.25, 0.3) is 0 Å². The molecule has 17 heavy (non-hydrogen) atoms. The summed E-state index contributed by atoms with van der Waals surface area (Å²) in [6.07, 6.45) is 5.12. The number of aryl methyl sites for hydroxylation is 1. The molecule has 1 aliphatic heterocycles. The van der Waals surface area contributed by atoms with Gasteiger partial charge in [-0.3, -0.25) is 0 Å². The van der Waals surface area contributed by atoms with E-state index in [0.717, 1.165) is 26.1 Å². The van der Waals surface area contributed by atoms with Crippen LogP contribution in [0, 0.1) is 11.8 Å². The second-order valence-corrected chi connectivity index (χ2v) is 5.32. The third-order valence-corrected chi connectivity index (χ3v) is 3.32. The van der Waals surface area contributed by atoms with Crippen LogP contribution in [0.3, 0.4) is 0 Å². The Balaban J connectivity index is 1.91. The lowest BCUT2D eigenvalue weighted by Gasteiger charge is -2.19. The molecule has 0 aromatic carbocycles. The third kappa shape index (κ3) is 3.07. The number of ether oxygens (including phenoxy) is 1. The molecule has 1 aromatic rings. The average molecular weight is 237 g/mol. The van der Waals surface area contributed by atoms with Crippen molar-refractivity contribution in [3.8, 4) is 0 Å². The van der Waals surface area contributed by atoms with Crippen LogP contribution in [0.1, 0.15) is 32.1 Å². The van der Waals surface area contributed by atoms with Crippen molar-refractivity contribution in [1.29, 1.82) is 0 Å². The van der Waals surface area contributed by atoms with Crippen LogP contribution < -0.4 is 5.32 Å². The van der Waals surface area contributed by atoms with Crippen molar-refractivity contribution in [2.75, 3.05) is 19.7 Å². The van der Waals surface area contributed by atoms with Crippen molar-refractivity contribution < 1.29 is 4.74 Å². The first-order valence-corrected chi connectivity index (χ1v) is 6.47. The molecule has 0 radical (unpaired) electrons. The summed E-state index contributed by atoms with van der Waals surface area (Å²) in [6, 6.07) is 0. The Morgan fingerprint density at radius 3 is 3.06 bits per heavy atom. The highest BCUT2D eigenvalue weighted by Crippen LogP contribution is 2.33. The lowest BCUT2D eigenvalue weighted by molar-refractivity contribution is 0.0846. The van der Waals surface area contributed by atoms with E-state index in [1.54, 1.807) is 0 Å². The van der Waals surface area contributed by atoms with Gasteiger partial charge >= 0.3 is 0 Å². The molecule has 2 heterocycles. The molecule has 96 valence electrons. The van der Waals surface area contributed by atoms with E-state index >= 15 is 0 Å². The summed E-state index contributed by atoms with van der Waals surface area (Å²) in [5, 5.41) is 3.53. The first-order chi connectivity index (χ1) is 8.18. The van der Waals surface area contributed by atoms with Gasteiger partial charge in [0.05, 0.1) is 18.2 Å². The second kappa shape index (κ2) is 5.65. The second-order valence-electron chi connectivity index (χ2n) is 5.32. The van der Waals surface area contributed by atoms with Gasteiger partial charge < -0.3 is 14.6 Å². The summed E-state index contributed by atoms with van der Waals surface area (Å²) in [4.78, 5) is 4.17. The maximum atomic E-state index is 5.85. The Morgan fingerprint density at radius 2 is 2.41 bits per heavy atom. The molecule has 2 atom stereocenters. The molecule has 0 bridgehead atoms. The van der Waals surface area contributed by atoms with E-state index < -0.39 is 0 Å². The smallest absolute Gasteiger partial charge is 0.103 e. The fourth-order valence-corrected chi connectivity index (χ4v) is 2.37. The van der Waals surface area contributed by atoms with E-state index in [0.29, 0.717) is 11.8 Å². The van der Waals surface area contributed by atoms with Gasteiger partial charge in [0.15, 0.2) is 0 Å². The van der Waals surface area contributed by atoms with Gasteiger partial charge in [0.1, 0.15) is 6.10 Å². The number of nitrogens with one attached hydrogen (secondary N) is 1. The standard InChI is InChI=1S/C13H23N3O/c1-10(2)6-14-7-11-4-5-17-13(11)12-8-15-9-16(12)3/h8-11,13-14H,4-7H2,1-3H3.